The van der Waals surface area contributed by atoms with E-state index in [0.717, 1.165) is 18.0 Å². The second kappa shape index (κ2) is 7.07. The third kappa shape index (κ3) is 3.75. The monoisotopic (exact) mass is 320 g/mol. The number of benzene rings is 1. The van der Waals surface area contributed by atoms with Crippen LogP contribution in [0.4, 0.5) is 0 Å². The molecule has 6 heteroatoms. The van der Waals surface area contributed by atoms with Crippen LogP contribution >= 0.6 is 12.2 Å². The summed E-state index contributed by atoms with van der Waals surface area (Å²) in [7, 11) is 1.67. The lowest BCUT2D eigenvalue weighted by Gasteiger charge is -2.22. The van der Waals surface area contributed by atoms with E-state index in [-0.39, 0.29) is 0 Å². The molecular formula is C16H22N3O2S+. The molecule has 1 fully saturated rings. The molecular weight excluding hydrogens is 298 g/mol. The molecule has 22 heavy (non-hydrogen) atoms. The molecule has 1 N–H and O–H groups in total. The molecule has 0 amide bonds. The third-order valence-corrected chi connectivity index (χ3v) is 4.39. The van der Waals surface area contributed by atoms with Gasteiger partial charge in [-0.05, 0) is 49.2 Å². The number of ether oxygens (including phenoxy) is 1. The standard InChI is InChI=1S/C16H21N3O2S/c1-20-14-7-5-13(6-8-14)11-15-17-19(16(22)21-15)12-18-9-3-2-4-10-18/h5-8H,2-4,9-12H2,1H3/p+1. The Morgan fingerprint density at radius 3 is 2.64 bits per heavy atom. The van der Waals surface area contributed by atoms with Crippen molar-refractivity contribution in [1.82, 2.24) is 9.78 Å². The minimum Gasteiger partial charge on any atom is -0.497 e. The zero-order valence-corrected chi connectivity index (χ0v) is 13.7. The van der Waals surface area contributed by atoms with Crippen LogP contribution in [0.5, 0.6) is 5.75 Å². The summed E-state index contributed by atoms with van der Waals surface area (Å²) in [5, 5.41) is 4.54. The lowest BCUT2D eigenvalue weighted by atomic mass is 10.1. The highest BCUT2D eigenvalue weighted by Gasteiger charge is 2.16. The Balaban J connectivity index is 1.67. The van der Waals surface area contributed by atoms with Crippen LogP contribution in [0.1, 0.15) is 30.7 Å². The molecule has 0 aliphatic carbocycles. The number of methoxy groups -OCH3 is 1. The van der Waals surface area contributed by atoms with E-state index in [1.807, 2.05) is 28.9 Å². The van der Waals surface area contributed by atoms with Crippen molar-refractivity contribution in [1.29, 1.82) is 0 Å². The van der Waals surface area contributed by atoms with Gasteiger partial charge in [-0.1, -0.05) is 12.1 Å². The van der Waals surface area contributed by atoms with E-state index >= 15 is 0 Å². The van der Waals surface area contributed by atoms with Crippen LogP contribution in [0.25, 0.3) is 0 Å². The number of piperidine rings is 1. The number of hydrogen-bond acceptors (Lipinski definition) is 4. The summed E-state index contributed by atoms with van der Waals surface area (Å²) in [5.74, 6) is 1.52. The number of nitrogens with one attached hydrogen (secondary N) is 1. The fourth-order valence-corrected chi connectivity index (χ4v) is 3.06. The number of aromatic nitrogens is 2. The van der Waals surface area contributed by atoms with Gasteiger partial charge >= 0.3 is 0 Å². The van der Waals surface area contributed by atoms with Crippen molar-refractivity contribution in [3.05, 3.63) is 40.6 Å². The van der Waals surface area contributed by atoms with E-state index in [4.69, 9.17) is 21.4 Å². The zero-order valence-electron chi connectivity index (χ0n) is 12.9. The number of likely N-dealkylation sites (tertiary alicyclic amines) is 1. The molecule has 1 aliphatic heterocycles. The Labute approximate surface area is 135 Å². The highest BCUT2D eigenvalue weighted by molar-refractivity contribution is 7.71. The highest BCUT2D eigenvalue weighted by atomic mass is 32.1. The van der Waals surface area contributed by atoms with Gasteiger partial charge in [-0.15, -0.1) is 5.10 Å². The lowest BCUT2D eigenvalue weighted by Crippen LogP contribution is -3.12. The molecule has 0 atom stereocenters. The van der Waals surface area contributed by atoms with Crippen molar-refractivity contribution in [3.63, 3.8) is 0 Å². The molecule has 1 aromatic heterocycles. The SMILES string of the molecule is COc1ccc(Cc2nn(C[NH+]3CCCCC3)c(=S)o2)cc1. The lowest BCUT2D eigenvalue weighted by molar-refractivity contribution is -0.928. The molecule has 1 aromatic carbocycles. The first-order chi connectivity index (χ1) is 10.7. The first kappa shape index (κ1) is 15.2. The van der Waals surface area contributed by atoms with Crippen molar-refractivity contribution < 1.29 is 14.1 Å². The molecule has 1 saturated heterocycles. The summed E-state index contributed by atoms with van der Waals surface area (Å²) >= 11 is 5.30. The average Bonchev–Trinajstić information content (AvgIpc) is 2.88. The Morgan fingerprint density at radius 2 is 1.95 bits per heavy atom. The number of hydrogen-bond donors (Lipinski definition) is 1. The van der Waals surface area contributed by atoms with Crippen molar-refractivity contribution in [2.75, 3.05) is 20.2 Å². The van der Waals surface area contributed by atoms with E-state index in [0.29, 0.717) is 17.1 Å². The van der Waals surface area contributed by atoms with E-state index < -0.39 is 0 Å². The van der Waals surface area contributed by atoms with Gasteiger partial charge in [0.15, 0.2) is 6.67 Å². The zero-order chi connectivity index (χ0) is 15.4. The second-order valence-corrected chi connectivity index (χ2v) is 6.10. The second-order valence-electron chi connectivity index (χ2n) is 5.75. The molecule has 118 valence electrons. The van der Waals surface area contributed by atoms with E-state index in [1.165, 1.54) is 37.3 Å². The molecule has 0 unspecified atom stereocenters. The average molecular weight is 320 g/mol. The van der Waals surface area contributed by atoms with Crippen molar-refractivity contribution >= 4 is 12.2 Å². The van der Waals surface area contributed by atoms with Gasteiger partial charge in [0.1, 0.15) is 5.75 Å². The first-order valence-electron chi connectivity index (χ1n) is 7.78. The molecule has 0 saturated carbocycles. The summed E-state index contributed by atoms with van der Waals surface area (Å²) in [4.78, 5) is 2.01. The van der Waals surface area contributed by atoms with Gasteiger partial charge in [-0.3, -0.25) is 0 Å². The fraction of sp³-hybridized carbons (Fsp3) is 0.500. The van der Waals surface area contributed by atoms with Gasteiger partial charge in [0.05, 0.1) is 26.6 Å². The largest absolute Gasteiger partial charge is 0.497 e. The van der Waals surface area contributed by atoms with Gasteiger partial charge in [-0.2, -0.15) is 4.68 Å². The number of quaternary nitrogens is 1. The smallest absolute Gasteiger partial charge is 0.291 e. The Hall–Kier alpha value is -1.66. The molecule has 2 aromatic rings. The molecule has 1 aliphatic rings. The van der Waals surface area contributed by atoms with Crippen molar-refractivity contribution in [2.24, 2.45) is 0 Å². The van der Waals surface area contributed by atoms with Gasteiger partial charge in [0, 0.05) is 0 Å². The summed E-state index contributed by atoms with van der Waals surface area (Å²) in [6.45, 7) is 3.20. The van der Waals surface area contributed by atoms with E-state index in [2.05, 4.69) is 5.10 Å². The van der Waals surface area contributed by atoms with Crippen LogP contribution in [-0.2, 0) is 13.1 Å². The van der Waals surface area contributed by atoms with Gasteiger partial charge in [0.2, 0.25) is 5.89 Å². The van der Waals surface area contributed by atoms with Gasteiger partial charge < -0.3 is 14.1 Å². The van der Waals surface area contributed by atoms with Crippen LogP contribution < -0.4 is 9.64 Å². The fourth-order valence-electron chi connectivity index (χ4n) is 2.86. The highest BCUT2D eigenvalue weighted by Crippen LogP contribution is 2.14. The van der Waals surface area contributed by atoms with Crippen molar-refractivity contribution in [3.8, 4) is 5.75 Å². The van der Waals surface area contributed by atoms with Gasteiger partial charge in [-0.25, -0.2) is 0 Å². The van der Waals surface area contributed by atoms with Crippen LogP contribution in [0.2, 0.25) is 0 Å². The predicted molar refractivity (Wildman–Crippen MR) is 85.7 cm³/mol. The van der Waals surface area contributed by atoms with Crippen molar-refractivity contribution in [2.45, 2.75) is 32.4 Å². The Morgan fingerprint density at radius 1 is 1.23 bits per heavy atom. The number of rotatable bonds is 5. The Kier molecular flexibility index (Phi) is 4.90. The maximum atomic E-state index is 5.64. The number of nitrogens with zero attached hydrogens (tertiary/aromatic N) is 2. The summed E-state index contributed by atoms with van der Waals surface area (Å²) in [6, 6.07) is 7.93. The summed E-state index contributed by atoms with van der Waals surface area (Å²) in [5.41, 5.74) is 1.13. The first-order valence-corrected chi connectivity index (χ1v) is 8.19. The van der Waals surface area contributed by atoms with E-state index in [1.54, 1.807) is 7.11 Å². The quantitative estimate of drug-likeness (QED) is 0.854. The summed E-state index contributed by atoms with van der Waals surface area (Å²) in [6.07, 6.45) is 4.57. The summed E-state index contributed by atoms with van der Waals surface area (Å²) < 4.78 is 12.6. The van der Waals surface area contributed by atoms with E-state index in [9.17, 15) is 0 Å². The topological polar surface area (TPSA) is 44.6 Å². The van der Waals surface area contributed by atoms with Crippen LogP contribution in [0, 0.1) is 4.84 Å². The molecule has 0 radical (unpaired) electrons. The molecule has 3 rings (SSSR count). The maximum absolute atomic E-state index is 5.64. The van der Waals surface area contributed by atoms with Crippen LogP contribution in [0.3, 0.4) is 0 Å². The maximum Gasteiger partial charge on any atom is 0.291 e. The minimum atomic E-state index is 0.474. The molecule has 5 nitrogen and oxygen atoms in total. The van der Waals surface area contributed by atoms with Gasteiger partial charge in [0.25, 0.3) is 4.84 Å². The Bertz CT molecular complexity index is 657. The molecule has 2 heterocycles. The predicted octanol–water partition coefficient (Wildman–Crippen LogP) is 1.83. The van der Waals surface area contributed by atoms with Crippen LogP contribution in [0.15, 0.2) is 28.7 Å². The minimum absolute atomic E-state index is 0.474. The molecule has 0 spiro atoms. The van der Waals surface area contributed by atoms with Crippen LogP contribution in [-0.4, -0.2) is 30.0 Å². The molecule has 0 bridgehead atoms. The third-order valence-electron chi connectivity index (χ3n) is 4.10. The normalized spacial score (nSPS) is 15.9.